The molecule has 0 amide bonds. The van der Waals surface area contributed by atoms with E-state index < -0.39 is 15.4 Å². The van der Waals surface area contributed by atoms with Crippen LogP contribution >= 0.6 is 0 Å². The molecule has 4 nitrogen and oxygen atoms in total. The van der Waals surface area contributed by atoms with E-state index in [1.807, 2.05) is 24.3 Å². The molecule has 0 bridgehead atoms. The predicted molar refractivity (Wildman–Crippen MR) is 66.9 cm³/mol. The van der Waals surface area contributed by atoms with E-state index >= 15 is 0 Å². The fourth-order valence-corrected chi connectivity index (χ4v) is 1.74. The molecule has 0 aromatic heterocycles. The summed E-state index contributed by atoms with van der Waals surface area (Å²) < 4.78 is 35.8. The summed E-state index contributed by atoms with van der Waals surface area (Å²) in [4.78, 5) is 0. The molecule has 0 aliphatic carbocycles. The number of benzene rings is 1. The fourth-order valence-electron chi connectivity index (χ4n) is 1.35. The van der Waals surface area contributed by atoms with Crippen LogP contribution in [0.5, 0.6) is 5.75 Å². The summed E-state index contributed by atoms with van der Waals surface area (Å²) in [5.41, 5.74) is 1.17. The molecule has 0 fully saturated rings. The van der Waals surface area contributed by atoms with Crippen molar-refractivity contribution in [1.82, 2.24) is 0 Å². The highest BCUT2D eigenvalue weighted by Gasteiger charge is 2.16. The van der Waals surface area contributed by atoms with Gasteiger partial charge in [0.25, 0.3) is 10.1 Å². The third-order valence-corrected chi connectivity index (χ3v) is 3.86. The first-order valence-electron chi connectivity index (χ1n) is 5.61. The van der Waals surface area contributed by atoms with Crippen molar-refractivity contribution in [2.75, 3.05) is 6.61 Å². The molecule has 1 unspecified atom stereocenters. The Kier molecular flexibility index (Phi) is 4.96. The largest absolute Gasteiger partial charge is 0.494 e. The zero-order chi connectivity index (χ0) is 12.9. The van der Waals surface area contributed by atoms with Gasteiger partial charge in [0.05, 0.1) is 11.9 Å². The van der Waals surface area contributed by atoms with Crippen molar-refractivity contribution in [3.8, 4) is 5.75 Å². The van der Waals surface area contributed by atoms with Crippen LogP contribution in [0.15, 0.2) is 24.3 Å². The highest BCUT2D eigenvalue weighted by atomic mass is 32.2. The third-order valence-electron chi connectivity index (χ3n) is 2.61. The van der Waals surface area contributed by atoms with E-state index in [9.17, 15) is 8.42 Å². The Hall–Kier alpha value is -1.07. The molecule has 5 heteroatoms. The van der Waals surface area contributed by atoms with Gasteiger partial charge in [0.2, 0.25) is 0 Å². The number of ether oxygens (including phenoxy) is 1. The molecule has 1 N–H and O–H groups in total. The number of rotatable bonds is 6. The van der Waals surface area contributed by atoms with Gasteiger partial charge in [-0.2, -0.15) is 8.42 Å². The van der Waals surface area contributed by atoms with Crippen LogP contribution in [0, 0.1) is 0 Å². The van der Waals surface area contributed by atoms with Gasteiger partial charge in [-0.25, -0.2) is 0 Å². The normalized spacial score (nSPS) is 13.4. The van der Waals surface area contributed by atoms with Gasteiger partial charge in [0.15, 0.2) is 0 Å². The van der Waals surface area contributed by atoms with E-state index in [0.717, 1.165) is 12.2 Å². The Balaban J connectivity index is 2.46. The Labute approximate surface area is 102 Å². The Bertz CT molecular complexity index is 453. The molecule has 0 heterocycles. The van der Waals surface area contributed by atoms with Gasteiger partial charge >= 0.3 is 0 Å². The maximum absolute atomic E-state index is 10.8. The smallest absolute Gasteiger partial charge is 0.267 e. The highest BCUT2D eigenvalue weighted by Crippen LogP contribution is 2.14. The van der Waals surface area contributed by atoms with Crippen molar-refractivity contribution in [3.05, 3.63) is 29.8 Å². The fraction of sp³-hybridized carbons (Fsp3) is 0.500. The summed E-state index contributed by atoms with van der Waals surface area (Å²) in [7, 11) is -3.95. The molecule has 96 valence electrons. The molecule has 0 radical (unpaired) electrons. The highest BCUT2D eigenvalue weighted by molar-refractivity contribution is 7.86. The molecular formula is C12H18O4S. The van der Waals surface area contributed by atoms with Gasteiger partial charge in [-0.05, 0) is 31.0 Å². The van der Waals surface area contributed by atoms with Crippen molar-refractivity contribution in [3.63, 3.8) is 0 Å². The lowest BCUT2D eigenvalue weighted by Crippen LogP contribution is -2.19. The van der Waals surface area contributed by atoms with Crippen molar-refractivity contribution in [1.29, 1.82) is 0 Å². The minimum absolute atomic E-state index is 0.272. The average Bonchev–Trinajstić information content (AvgIpc) is 2.28. The first-order chi connectivity index (χ1) is 7.93. The predicted octanol–water partition coefficient (Wildman–Crippen LogP) is 2.29. The topological polar surface area (TPSA) is 63.6 Å². The van der Waals surface area contributed by atoms with Crippen molar-refractivity contribution >= 4 is 10.1 Å². The molecule has 17 heavy (non-hydrogen) atoms. The third kappa shape index (κ3) is 4.75. The van der Waals surface area contributed by atoms with E-state index in [2.05, 4.69) is 6.92 Å². The van der Waals surface area contributed by atoms with Gasteiger partial charge < -0.3 is 4.74 Å². The van der Waals surface area contributed by atoms with Gasteiger partial charge in [-0.1, -0.05) is 19.1 Å². The minimum atomic E-state index is -3.95. The van der Waals surface area contributed by atoms with Gasteiger partial charge in [0, 0.05) is 6.42 Å². The van der Waals surface area contributed by atoms with Crippen LogP contribution in [-0.2, 0) is 16.5 Å². The van der Waals surface area contributed by atoms with Crippen LogP contribution < -0.4 is 4.74 Å². The van der Waals surface area contributed by atoms with E-state index in [4.69, 9.17) is 9.29 Å². The van der Waals surface area contributed by atoms with Gasteiger partial charge in [0.1, 0.15) is 5.75 Å². The second-order valence-electron chi connectivity index (χ2n) is 3.96. The van der Waals surface area contributed by atoms with Crippen LogP contribution in [0.4, 0.5) is 0 Å². The number of hydrogen-bond acceptors (Lipinski definition) is 3. The molecule has 0 aliphatic rings. The molecule has 0 saturated carbocycles. The lowest BCUT2D eigenvalue weighted by Gasteiger charge is -2.10. The Morgan fingerprint density at radius 2 is 2.12 bits per heavy atom. The second kappa shape index (κ2) is 6.02. The van der Waals surface area contributed by atoms with Crippen molar-refractivity contribution in [2.45, 2.75) is 31.9 Å². The number of hydrogen-bond donors (Lipinski definition) is 1. The minimum Gasteiger partial charge on any atom is -0.494 e. The molecule has 1 aromatic carbocycles. The van der Waals surface area contributed by atoms with E-state index in [1.165, 1.54) is 12.5 Å². The van der Waals surface area contributed by atoms with E-state index in [-0.39, 0.29) is 13.0 Å². The summed E-state index contributed by atoms with van der Waals surface area (Å²) in [6.45, 7) is 3.79. The summed E-state index contributed by atoms with van der Waals surface area (Å²) in [6, 6.07) is 7.67. The van der Waals surface area contributed by atoms with E-state index in [0.29, 0.717) is 0 Å². The van der Waals surface area contributed by atoms with Crippen LogP contribution in [-0.4, -0.2) is 24.8 Å². The van der Waals surface area contributed by atoms with Crippen molar-refractivity contribution in [2.24, 2.45) is 0 Å². The van der Waals surface area contributed by atoms with Crippen LogP contribution in [0.3, 0.4) is 0 Å². The van der Waals surface area contributed by atoms with Crippen LogP contribution in [0.1, 0.15) is 25.8 Å². The molecule has 0 aliphatic heterocycles. The molecule has 1 rings (SSSR count). The SMILES string of the molecule is CCc1cccc(OCCC(C)S(=O)(=O)O)c1. The summed E-state index contributed by atoms with van der Waals surface area (Å²) in [5.74, 6) is 0.729. The zero-order valence-corrected chi connectivity index (χ0v) is 10.9. The maximum atomic E-state index is 10.8. The summed E-state index contributed by atoms with van der Waals surface area (Å²) in [6.07, 6.45) is 1.20. The molecule has 0 spiro atoms. The van der Waals surface area contributed by atoms with Gasteiger partial charge in [-0.15, -0.1) is 0 Å². The lowest BCUT2D eigenvalue weighted by molar-refractivity contribution is 0.306. The monoisotopic (exact) mass is 258 g/mol. The summed E-state index contributed by atoms with van der Waals surface area (Å²) in [5, 5.41) is -0.795. The van der Waals surface area contributed by atoms with Crippen LogP contribution in [0.2, 0.25) is 0 Å². The van der Waals surface area contributed by atoms with Gasteiger partial charge in [-0.3, -0.25) is 4.55 Å². The molecular weight excluding hydrogens is 240 g/mol. The zero-order valence-electron chi connectivity index (χ0n) is 10.1. The first kappa shape index (κ1) is 14.0. The molecule has 1 atom stereocenters. The van der Waals surface area contributed by atoms with Crippen molar-refractivity contribution < 1.29 is 17.7 Å². The summed E-state index contributed by atoms with van der Waals surface area (Å²) >= 11 is 0. The average molecular weight is 258 g/mol. The number of aryl methyl sites for hydroxylation is 1. The van der Waals surface area contributed by atoms with Crippen LogP contribution in [0.25, 0.3) is 0 Å². The maximum Gasteiger partial charge on any atom is 0.267 e. The second-order valence-corrected chi connectivity index (χ2v) is 5.80. The van der Waals surface area contributed by atoms with E-state index in [1.54, 1.807) is 0 Å². The first-order valence-corrected chi connectivity index (χ1v) is 7.12. The lowest BCUT2D eigenvalue weighted by atomic mass is 10.2. The Morgan fingerprint density at radius 3 is 2.71 bits per heavy atom. The molecule has 0 saturated heterocycles. The standard InChI is InChI=1S/C12H18O4S/c1-3-11-5-4-6-12(9-11)16-8-7-10(2)17(13,14)15/h4-6,9-10H,3,7-8H2,1-2H3,(H,13,14,15). The molecule has 1 aromatic rings. The quantitative estimate of drug-likeness (QED) is 0.795. The Morgan fingerprint density at radius 1 is 1.41 bits per heavy atom.